The third-order valence-electron chi connectivity index (χ3n) is 3.56. The molecule has 2 aromatic rings. The van der Waals surface area contributed by atoms with Crippen molar-refractivity contribution in [2.24, 2.45) is 0 Å². The number of carbonyl (C=O) groups is 1. The van der Waals surface area contributed by atoms with Crippen LogP contribution in [0, 0.1) is 0 Å². The van der Waals surface area contributed by atoms with Gasteiger partial charge in [0.1, 0.15) is 16.9 Å². The fourth-order valence-electron chi connectivity index (χ4n) is 2.44. The highest BCUT2D eigenvalue weighted by molar-refractivity contribution is 9.10. The number of aromatic nitrogens is 2. The molecule has 0 radical (unpaired) electrons. The fourth-order valence-corrected chi connectivity index (χ4v) is 3.65. The maximum atomic E-state index is 12.1. The number of rotatable bonds is 6. The van der Waals surface area contributed by atoms with Gasteiger partial charge in [-0.1, -0.05) is 27.3 Å². The van der Waals surface area contributed by atoms with Crippen molar-refractivity contribution in [1.82, 2.24) is 10.2 Å². The van der Waals surface area contributed by atoms with Gasteiger partial charge >= 0.3 is 0 Å². The van der Waals surface area contributed by atoms with Crippen molar-refractivity contribution in [1.29, 1.82) is 0 Å². The molecule has 1 aromatic heterocycles. The number of nitrogens with zero attached hydrogens (tertiary/aromatic N) is 2. The first kappa shape index (κ1) is 18.0. The second-order valence-electron chi connectivity index (χ2n) is 5.38. The highest BCUT2D eigenvalue weighted by atomic mass is 79.9. The van der Waals surface area contributed by atoms with Gasteiger partial charge in [-0.25, -0.2) is 0 Å². The minimum absolute atomic E-state index is 0.00844. The summed E-state index contributed by atoms with van der Waals surface area (Å²) in [5, 5.41) is 12.1. The molecule has 2 heterocycles. The molecule has 6 nitrogen and oxygen atoms in total. The van der Waals surface area contributed by atoms with E-state index in [-0.39, 0.29) is 12.0 Å². The van der Waals surface area contributed by atoms with Crippen LogP contribution in [0.25, 0.3) is 6.08 Å². The molecule has 1 aromatic carbocycles. The van der Waals surface area contributed by atoms with Crippen LogP contribution in [0.2, 0.25) is 0 Å². The molecule has 132 valence electrons. The first-order valence-electron chi connectivity index (χ1n) is 8.02. The van der Waals surface area contributed by atoms with Crippen molar-refractivity contribution in [3.8, 4) is 5.75 Å². The molecule has 1 saturated heterocycles. The lowest BCUT2D eigenvalue weighted by Gasteiger charge is -2.07. The summed E-state index contributed by atoms with van der Waals surface area (Å²) in [7, 11) is 0. The Balaban J connectivity index is 1.64. The van der Waals surface area contributed by atoms with E-state index < -0.39 is 0 Å². The van der Waals surface area contributed by atoms with Crippen molar-refractivity contribution >= 4 is 44.4 Å². The second-order valence-corrected chi connectivity index (χ2v) is 7.31. The molecule has 1 amide bonds. The average molecular weight is 424 g/mol. The van der Waals surface area contributed by atoms with Gasteiger partial charge in [-0.2, -0.15) is 0 Å². The maximum absolute atomic E-state index is 12.1. The standard InChI is InChI=1S/C17H18BrN3O3S/c1-2-23-13-7-6-12(18)10-11(13)5-8-15(22)19-17-21-20-16(25-17)14-4-3-9-24-14/h5-8,10,14H,2-4,9H2,1H3,(H,19,21,22). The Morgan fingerprint density at radius 1 is 1.52 bits per heavy atom. The van der Waals surface area contributed by atoms with Crippen molar-refractivity contribution in [2.75, 3.05) is 18.5 Å². The fraction of sp³-hybridized carbons (Fsp3) is 0.353. The first-order chi connectivity index (χ1) is 12.2. The minimum atomic E-state index is -0.266. The molecule has 1 fully saturated rings. The molecule has 0 aliphatic carbocycles. The summed E-state index contributed by atoms with van der Waals surface area (Å²) >= 11 is 4.77. The highest BCUT2D eigenvalue weighted by Crippen LogP contribution is 2.32. The molecule has 1 aliphatic heterocycles. The number of hydrogen-bond donors (Lipinski definition) is 1. The van der Waals surface area contributed by atoms with E-state index in [2.05, 4.69) is 31.4 Å². The summed E-state index contributed by atoms with van der Waals surface area (Å²) < 4.78 is 12.1. The molecule has 1 N–H and O–H groups in total. The van der Waals surface area contributed by atoms with Gasteiger partial charge in [0.15, 0.2) is 0 Å². The Morgan fingerprint density at radius 3 is 3.16 bits per heavy atom. The van der Waals surface area contributed by atoms with Crippen LogP contribution >= 0.6 is 27.3 Å². The molecule has 25 heavy (non-hydrogen) atoms. The van der Waals surface area contributed by atoms with Crippen LogP contribution in [0.15, 0.2) is 28.7 Å². The minimum Gasteiger partial charge on any atom is -0.493 e. The number of hydrogen-bond acceptors (Lipinski definition) is 6. The molecular formula is C17H18BrN3O3S. The van der Waals surface area contributed by atoms with Crippen LogP contribution < -0.4 is 10.1 Å². The number of ether oxygens (including phenoxy) is 2. The van der Waals surface area contributed by atoms with E-state index in [4.69, 9.17) is 9.47 Å². The Bertz CT molecular complexity index is 772. The van der Waals surface area contributed by atoms with Gasteiger partial charge < -0.3 is 9.47 Å². The van der Waals surface area contributed by atoms with Gasteiger partial charge in [-0.3, -0.25) is 10.1 Å². The van der Waals surface area contributed by atoms with Crippen molar-refractivity contribution in [3.63, 3.8) is 0 Å². The van der Waals surface area contributed by atoms with E-state index >= 15 is 0 Å². The van der Waals surface area contributed by atoms with Gasteiger partial charge in [0.05, 0.1) is 6.61 Å². The average Bonchev–Trinajstić information content (AvgIpc) is 3.26. The molecule has 3 rings (SSSR count). The third kappa shape index (κ3) is 4.87. The topological polar surface area (TPSA) is 73.3 Å². The first-order valence-corrected chi connectivity index (χ1v) is 9.63. The molecule has 1 unspecified atom stereocenters. The molecule has 1 aliphatic rings. The van der Waals surface area contributed by atoms with Crippen LogP contribution in [-0.4, -0.2) is 29.3 Å². The van der Waals surface area contributed by atoms with Crippen LogP contribution in [-0.2, 0) is 9.53 Å². The summed E-state index contributed by atoms with van der Waals surface area (Å²) in [6.45, 7) is 3.23. The Kier molecular flexibility index (Phi) is 6.17. The van der Waals surface area contributed by atoms with E-state index in [1.54, 1.807) is 6.08 Å². The Hall–Kier alpha value is -1.77. The van der Waals surface area contributed by atoms with Crippen LogP contribution in [0.5, 0.6) is 5.75 Å². The molecular weight excluding hydrogens is 406 g/mol. The zero-order valence-corrected chi connectivity index (χ0v) is 16.1. The summed E-state index contributed by atoms with van der Waals surface area (Å²) in [5.41, 5.74) is 0.823. The molecule has 1 atom stereocenters. The van der Waals surface area contributed by atoms with Gasteiger partial charge in [-0.05, 0) is 44.0 Å². The number of amides is 1. The van der Waals surface area contributed by atoms with E-state index in [9.17, 15) is 4.79 Å². The van der Waals surface area contributed by atoms with Gasteiger partial charge in [-0.15, -0.1) is 10.2 Å². The van der Waals surface area contributed by atoms with Crippen molar-refractivity contribution in [2.45, 2.75) is 25.9 Å². The highest BCUT2D eigenvalue weighted by Gasteiger charge is 2.22. The molecule has 8 heteroatoms. The number of nitrogens with one attached hydrogen (secondary N) is 1. The SMILES string of the molecule is CCOc1ccc(Br)cc1C=CC(=O)Nc1nnc(C2CCCO2)s1. The predicted molar refractivity (Wildman–Crippen MR) is 101 cm³/mol. The van der Waals surface area contributed by atoms with Crippen LogP contribution in [0.4, 0.5) is 5.13 Å². The number of anilines is 1. The number of carbonyl (C=O) groups excluding carboxylic acids is 1. The van der Waals surface area contributed by atoms with Crippen LogP contribution in [0.3, 0.4) is 0 Å². The summed E-state index contributed by atoms with van der Waals surface area (Å²) in [4.78, 5) is 12.1. The normalized spacial score (nSPS) is 17.1. The smallest absolute Gasteiger partial charge is 0.250 e. The summed E-state index contributed by atoms with van der Waals surface area (Å²) in [6, 6.07) is 5.66. The van der Waals surface area contributed by atoms with Crippen molar-refractivity contribution in [3.05, 3.63) is 39.3 Å². The van der Waals surface area contributed by atoms with Gasteiger partial charge in [0.25, 0.3) is 0 Å². The quantitative estimate of drug-likeness (QED) is 0.704. The Morgan fingerprint density at radius 2 is 2.40 bits per heavy atom. The van der Waals surface area contributed by atoms with E-state index in [1.807, 2.05) is 25.1 Å². The predicted octanol–water partition coefficient (Wildman–Crippen LogP) is 4.20. The zero-order chi connectivity index (χ0) is 17.6. The van der Waals surface area contributed by atoms with E-state index in [1.165, 1.54) is 17.4 Å². The zero-order valence-electron chi connectivity index (χ0n) is 13.7. The number of benzene rings is 1. The lowest BCUT2D eigenvalue weighted by atomic mass is 10.2. The summed E-state index contributed by atoms with van der Waals surface area (Å²) in [5.74, 6) is 0.462. The van der Waals surface area contributed by atoms with Gasteiger partial charge in [0.2, 0.25) is 11.0 Å². The third-order valence-corrected chi connectivity index (χ3v) is 4.99. The monoisotopic (exact) mass is 423 g/mol. The van der Waals surface area contributed by atoms with Crippen LogP contribution in [0.1, 0.15) is 36.4 Å². The maximum Gasteiger partial charge on any atom is 0.250 e. The lowest BCUT2D eigenvalue weighted by molar-refractivity contribution is -0.111. The summed E-state index contributed by atoms with van der Waals surface area (Å²) in [6.07, 6.45) is 5.16. The second kappa shape index (κ2) is 8.55. The lowest BCUT2D eigenvalue weighted by Crippen LogP contribution is -2.07. The van der Waals surface area contributed by atoms with Crippen molar-refractivity contribution < 1.29 is 14.3 Å². The molecule has 0 bridgehead atoms. The van der Waals surface area contributed by atoms with E-state index in [0.717, 1.165) is 40.2 Å². The Labute approximate surface area is 158 Å². The molecule has 0 saturated carbocycles. The van der Waals surface area contributed by atoms with Gasteiger partial charge in [0, 0.05) is 22.7 Å². The van der Waals surface area contributed by atoms with E-state index in [0.29, 0.717) is 11.7 Å². The molecule has 0 spiro atoms. The largest absolute Gasteiger partial charge is 0.493 e. The number of halogens is 1.